The van der Waals surface area contributed by atoms with Crippen LogP contribution >= 0.6 is 0 Å². The van der Waals surface area contributed by atoms with Crippen LogP contribution in [-0.4, -0.2) is 14.8 Å². The molecule has 3 aromatic rings. The molecule has 136 valence electrons. The van der Waals surface area contributed by atoms with Crippen molar-refractivity contribution in [2.24, 2.45) is 0 Å². The number of ether oxygens (including phenoxy) is 2. The molecule has 0 aliphatic heterocycles. The summed E-state index contributed by atoms with van der Waals surface area (Å²) in [7, 11) is 0. The minimum atomic E-state index is -0.728. The van der Waals surface area contributed by atoms with Crippen molar-refractivity contribution in [1.29, 1.82) is 0 Å². The van der Waals surface area contributed by atoms with Gasteiger partial charge in [-0.1, -0.05) is 6.07 Å². The molecular weight excluding hydrogens is 354 g/mol. The van der Waals surface area contributed by atoms with Crippen molar-refractivity contribution in [3.05, 3.63) is 92.8 Å². The lowest BCUT2D eigenvalue weighted by atomic mass is 10.2. The maximum absolute atomic E-state index is 11.1. The molecule has 0 spiro atoms. The third kappa shape index (κ3) is 4.54. The van der Waals surface area contributed by atoms with Gasteiger partial charge in [0.05, 0.1) is 15.9 Å². The molecule has 2 aromatic carbocycles. The normalized spacial score (nSPS) is 10.2. The van der Waals surface area contributed by atoms with Gasteiger partial charge in [0.15, 0.2) is 0 Å². The Morgan fingerprint density at radius 3 is 2.30 bits per heavy atom. The van der Waals surface area contributed by atoms with Gasteiger partial charge >= 0.3 is 5.69 Å². The number of nitrogens with zero attached hydrogens (tertiary/aromatic N) is 3. The summed E-state index contributed by atoms with van der Waals surface area (Å²) in [6, 6.07) is 13.4. The van der Waals surface area contributed by atoms with E-state index in [1.54, 1.807) is 36.7 Å². The van der Waals surface area contributed by atoms with E-state index in [1.165, 1.54) is 6.07 Å². The van der Waals surface area contributed by atoms with Gasteiger partial charge in [-0.05, 0) is 36.4 Å². The minimum absolute atomic E-state index is 0.0883. The molecule has 1 heterocycles. The van der Waals surface area contributed by atoms with E-state index in [-0.39, 0.29) is 11.4 Å². The standard InChI is InChI=1S/C18H13N3O6/c22-20(23)14-3-8-18(17(10-14)21(24)25)27-16-6-4-15(5-7-16)26-12-13-2-1-9-19-11-13/h1-11H,12H2. The lowest BCUT2D eigenvalue weighted by Crippen LogP contribution is -1.97. The van der Waals surface area contributed by atoms with Crippen molar-refractivity contribution in [2.75, 3.05) is 0 Å². The van der Waals surface area contributed by atoms with Crippen molar-refractivity contribution in [3.63, 3.8) is 0 Å². The Kier molecular flexibility index (Phi) is 5.22. The van der Waals surface area contributed by atoms with Gasteiger partial charge in [-0.2, -0.15) is 0 Å². The van der Waals surface area contributed by atoms with E-state index in [1.807, 2.05) is 12.1 Å². The lowest BCUT2D eigenvalue weighted by molar-refractivity contribution is -0.394. The molecule has 1 aromatic heterocycles. The molecule has 0 fully saturated rings. The van der Waals surface area contributed by atoms with Crippen LogP contribution in [0.5, 0.6) is 17.2 Å². The zero-order valence-electron chi connectivity index (χ0n) is 13.8. The molecule has 0 saturated carbocycles. The number of nitro groups is 2. The Balaban J connectivity index is 1.71. The van der Waals surface area contributed by atoms with E-state index in [0.717, 1.165) is 17.7 Å². The van der Waals surface area contributed by atoms with E-state index in [2.05, 4.69) is 4.98 Å². The molecule has 9 heteroatoms. The van der Waals surface area contributed by atoms with E-state index in [9.17, 15) is 20.2 Å². The maximum atomic E-state index is 11.1. The molecule has 0 aliphatic carbocycles. The molecule has 0 saturated heterocycles. The second-order valence-corrected chi connectivity index (χ2v) is 5.39. The summed E-state index contributed by atoms with van der Waals surface area (Å²) in [6.45, 7) is 0.349. The number of hydrogen-bond acceptors (Lipinski definition) is 7. The van der Waals surface area contributed by atoms with E-state index >= 15 is 0 Å². The van der Waals surface area contributed by atoms with E-state index < -0.39 is 15.5 Å². The first-order valence-corrected chi connectivity index (χ1v) is 7.75. The van der Waals surface area contributed by atoms with Crippen molar-refractivity contribution in [3.8, 4) is 17.2 Å². The topological polar surface area (TPSA) is 118 Å². The summed E-state index contributed by atoms with van der Waals surface area (Å²) >= 11 is 0. The zero-order valence-corrected chi connectivity index (χ0v) is 13.8. The van der Waals surface area contributed by atoms with Crippen LogP contribution in [0.2, 0.25) is 0 Å². The van der Waals surface area contributed by atoms with Crippen LogP contribution in [0.4, 0.5) is 11.4 Å². The number of benzene rings is 2. The van der Waals surface area contributed by atoms with Crippen molar-refractivity contribution >= 4 is 11.4 Å². The first kappa shape index (κ1) is 17.8. The second kappa shape index (κ2) is 7.91. The Labute approximate surface area is 153 Å². The zero-order chi connectivity index (χ0) is 19.2. The van der Waals surface area contributed by atoms with Gasteiger partial charge in [0.25, 0.3) is 5.69 Å². The fourth-order valence-corrected chi connectivity index (χ4v) is 2.23. The van der Waals surface area contributed by atoms with Gasteiger partial charge in [-0.15, -0.1) is 0 Å². The Bertz CT molecular complexity index is 961. The number of hydrogen-bond donors (Lipinski definition) is 0. The number of rotatable bonds is 7. The van der Waals surface area contributed by atoms with Gasteiger partial charge in [0.1, 0.15) is 18.1 Å². The third-order valence-electron chi connectivity index (χ3n) is 3.53. The molecule has 0 atom stereocenters. The summed E-state index contributed by atoms with van der Waals surface area (Å²) < 4.78 is 11.1. The third-order valence-corrected chi connectivity index (χ3v) is 3.53. The highest BCUT2D eigenvalue weighted by Crippen LogP contribution is 2.34. The summed E-state index contributed by atoms with van der Waals surface area (Å²) in [5, 5.41) is 21.9. The van der Waals surface area contributed by atoms with Crippen molar-refractivity contribution in [2.45, 2.75) is 6.61 Å². The Hall–Kier alpha value is -4.01. The average molecular weight is 367 g/mol. The molecule has 0 amide bonds. The fourth-order valence-electron chi connectivity index (χ4n) is 2.23. The van der Waals surface area contributed by atoms with Crippen molar-refractivity contribution in [1.82, 2.24) is 4.98 Å². The molecular formula is C18H13N3O6. The smallest absolute Gasteiger partial charge is 0.318 e. The summed E-state index contributed by atoms with van der Waals surface area (Å²) in [5.74, 6) is 0.833. The highest BCUT2D eigenvalue weighted by Gasteiger charge is 2.21. The highest BCUT2D eigenvalue weighted by molar-refractivity contribution is 5.55. The quantitative estimate of drug-likeness (QED) is 0.452. The van der Waals surface area contributed by atoms with Gasteiger partial charge in [0, 0.05) is 24.0 Å². The van der Waals surface area contributed by atoms with Crippen LogP contribution in [0.1, 0.15) is 5.56 Å². The van der Waals surface area contributed by atoms with E-state index in [4.69, 9.17) is 9.47 Å². The van der Waals surface area contributed by atoms with Crippen LogP contribution in [0, 0.1) is 20.2 Å². The Morgan fingerprint density at radius 2 is 1.67 bits per heavy atom. The molecule has 0 aliphatic rings. The largest absolute Gasteiger partial charge is 0.489 e. The average Bonchev–Trinajstić information content (AvgIpc) is 2.68. The summed E-state index contributed by atoms with van der Waals surface area (Å²) in [5.41, 5.74) is 0.0497. The number of non-ortho nitro benzene ring substituents is 1. The SMILES string of the molecule is O=[N+]([O-])c1ccc(Oc2ccc(OCc3cccnc3)cc2)c([N+](=O)[O-])c1. The number of pyridine rings is 1. The predicted octanol–water partition coefficient (Wildman–Crippen LogP) is 4.27. The van der Waals surface area contributed by atoms with Gasteiger partial charge in [0.2, 0.25) is 5.75 Å². The first-order chi connectivity index (χ1) is 13.0. The Morgan fingerprint density at radius 1 is 0.926 bits per heavy atom. The van der Waals surface area contributed by atoms with Gasteiger partial charge in [-0.3, -0.25) is 25.2 Å². The molecule has 3 rings (SSSR count). The van der Waals surface area contributed by atoms with Crippen molar-refractivity contribution < 1.29 is 19.3 Å². The van der Waals surface area contributed by atoms with Crippen LogP contribution in [-0.2, 0) is 6.61 Å². The van der Waals surface area contributed by atoms with E-state index in [0.29, 0.717) is 18.1 Å². The molecule has 0 bridgehead atoms. The van der Waals surface area contributed by atoms with Crippen LogP contribution in [0.3, 0.4) is 0 Å². The van der Waals surface area contributed by atoms with Gasteiger partial charge in [-0.25, -0.2) is 0 Å². The van der Waals surface area contributed by atoms with Crippen LogP contribution < -0.4 is 9.47 Å². The number of nitro benzene ring substituents is 2. The predicted molar refractivity (Wildman–Crippen MR) is 94.8 cm³/mol. The molecule has 0 radical (unpaired) electrons. The van der Waals surface area contributed by atoms with Crippen LogP contribution in [0.15, 0.2) is 67.0 Å². The highest BCUT2D eigenvalue weighted by atomic mass is 16.6. The first-order valence-electron chi connectivity index (χ1n) is 7.75. The molecule has 27 heavy (non-hydrogen) atoms. The summed E-state index contributed by atoms with van der Waals surface area (Å²) in [4.78, 5) is 24.5. The van der Waals surface area contributed by atoms with Crippen LogP contribution in [0.25, 0.3) is 0 Å². The minimum Gasteiger partial charge on any atom is -0.489 e. The molecule has 0 unspecified atom stereocenters. The number of aromatic nitrogens is 1. The summed E-state index contributed by atoms with van der Waals surface area (Å²) in [6.07, 6.45) is 3.37. The lowest BCUT2D eigenvalue weighted by Gasteiger charge is -2.09. The van der Waals surface area contributed by atoms with Gasteiger partial charge < -0.3 is 9.47 Å². The fraction of sp³-hybridized carbons (Fsp3) is 0.0556. The maximum Gasteiger partial charge on any atom is 0.318 e. The molecule has 9 nitrogen and oxygen atoms in total. The molecule has 0 N–H and O–H groups in total. The second-order valence-electron chi connectivity index (χ2n) is 5.39. The monoisotopic (exact) mass is 367 g/mol.